The number of piperidine rings is 1. The van der Waals surface area contributed by atoms with Gasteiger partial charge in [-0.05, 0) is 66.7 Å². The van der Waals surface area contributed by atoms with Crippen LogP contribution in [0.2, 0.25) is 5.02 Å². The number of nitrogens with one attached hydrogen (secondary N) is 1. The molecule has 29 heavy (non-hydrogen) atoms. The Hall–Kier alpha value is -1.63. The smallest absolute Gasteiger partial charge is 0.172 e. The van der Waals surface area contributed by atoms with Crippen molar-refractivity contribution in [2.75, 3.05) is 25.0 Å². The summed E-state index contributed by atoms with van der Waals surface area (Å²) in [7, 11) is 0. The van der Waals surface area contributed by atoms with Crippen LogP contribution in [0.25, 0.3) is 16.9 Å². The van der Waals surface area contributed by atoms with Gasteiger partial charge >= 0.3 is 0 Å². The number of fused-ring (bicyclic) bond motifs is 1. The summed E-state index contributed by atoms with van der Waals surface area (Å²) in [6.07, 6.45) is 8.53. The minimum absolute atomic E-state index is 0.692. The SMILES string of the molecule is Clc1ccccc1-c1cc(NCC2CCN(C3CCC3)CC2)n2ncc(Br)c2n1. The maximum atomic E-state index is 6.43. The van der Waals surface area contributed by atoms with Gasteiger partial charge in [0, 0.05) is 29.2 Å². The second-order valence-electron chi connectivity index (χ2n) is 8.18. The zero-order chi connectivity index (χ0) is 19.8. The molecule has 0 spiro atoms. The van der Waals surface area contributed by atoms with E-state index in [4.69, 9.17) is 16.6 Å². The lowest BCUT2D eigenvalue weighted by atomic mass is 9.88. The summed E-state index contributed by atoms with van der Waals surface area (Å²) in [6, 6.07) is 10.7. The third-order valence-electron chi connectivity index (χ3n) is 6.39. The minimum atomic E-state index is 0.692. The molecule has 0 unspecified atom stereocenters. The Kier molecular flexibility index (Phi) is 5.50. The van der Waals surface area contributed by atoms with Crippen LogP contribution < -0.4 is 5.32 Å². The number of anilines is 1. The zero-order valence-corrected chi connectivity index (χ0v) is 18.7. The lowest BCUT2D eigenvalue weighted by molar-refractivity contribution is 0.0871. The molecule has 7 heteroatoms. The third-order valence-corrected chi connectivity index (χ3v) is 7.28. The predicted octanol–water partition coefficient (Wildman–Crippen LogP) is 5.49. The van der Waals surface area contributed by atoms with E-state index >= 15 is 0 Å². The minimum Gasteiger partial charge on any atom is -0.370 e. The molecule has 1 saturated heterocycles. The molecule has 1 N–H and O–H groups in total. The van der Waals surface area contributed by atoms with Crippen molar-refractivity contribution in [2.24, 2.45) is 5.92 Å². The molecule has 2 aromatic heterocycles. The van der Waals surface area contributed by atoms with Crippen molar-refractivity contribution >= 4 is 39.0 Å². The number of hydrogen-bond donors (Lipinski definition) is 1. The Morgan fingerprint density at radius 3 is 2.66 bits per heavy atom. The molecule has 1 saturated carbocycles. The standard InChI is InChI=1S/C22H25BrClN5/c23-18-14-26-29-21(12-20(27-22(18)29)17-6-1-2-7-19(17)24)25-13-15-8-10-28(11-9-15)16-4-3-5-16/h1-2,6-7,12,14-16,25H,3-5,8-11,13H2. The highest BCUT2D eigenvalue weighted by Crippen LogP contribution is 2.31. The highest BCUT2D eigenvalue weighted by molar-refractivity contribution is 9.10. The summed E-state index contributed by atoms with van der Waals surface area (Å²) in [4.78, 5) is 7.49. The molecule has 1 aliphatic carbocycles. The molecular formula is C22H25BrClN5. The first-order chi connectivity index (χ1) is 14.2. The van der Waals surface area contributed by atoms with Gasteiger partial charge in [0.15, 0.2) is 5.65 Å². The molecule has 1 aromatic carbocycles. The van der Waals surface area contributed by atoms with E-state index in [1.54, 1.807) is 6.20 Å². The van der Waals surface area contributed by atoms with Crippen molar-refractivity contribution in [3.05, 3.63) is 46.0 Å². The van der Waals surface area contributed by atoms with Gasteiger partial charge in [-0.3, -0.25) is 0 Å². The van der Waals surface area contributed by atoms with Gasteiger partial charge in [-0.15, -0.1) is 0 Å². The topological polar surface area (TPSA) is 45.5 Å². The highest BCUT2D eigenvalue weighted by atomic mass is 79.9. The zero-order valence-electron chi connectivity index (χ0n) is 16.3. The normalized spacial score (nSPS) is 18.8. The first kappa shape index (κ1) is 19.3. The third kappa shape index (κ3) is 3.90. The van der Waals surface area contributed by atoms with Crippen LogP contribution >= 0.6 is 27.5 Å². The van der Waals surface area contributed by atoms with E-state index in [1.807, 2.05) is 28.8 Å². The average molecular weight is 475 g/mol. The monoisotopic (exact) mass is 473 g/mol. The summed E-state index contributed by atoms with van der Waals surface area (Å²) in [5.41, 5.74) is 2.58. The molecule has 0 amide bonds. The Morgan fingerprint density at radius 1 is 1.14 bits per heavy atom. The number of benzene rings is 1. The van der Waals surface area contributed by atoms with E-state index in [0.29, 0.717) is 10.9 Å². The van der Waals surface area contributed by atoms with E-state index in [1.165, 1.54) is 45.2 Å². The molecule has 152 valence electrons. The van der Waals surface area contributed by atoms with Crippen molar-refractivity contribution in [3.8, 4) is 11.3 Å². The van der Waals surface area contributed by atoms with Gasteiger partial charge in [0.05, 0.1) is 16.4 Å². The van der Waals surface area contributed by atoms with Crippen molar-refractivity contribution in [1.29, 1.82) is 0 Å². The lowest BCUT2D eigenvalue weighted by Gasteiger charge is -2.41. The summed E-state index contributed by atoms with van der Waals surface area (Å²) >= 11 is 10.0. The van der Waals surface area contributed by atoms with E-state index in [9.17, 15) is 0 Å². The molecular weight excluding hydrogens is 450 g/mol. The Labute approximate surface area is 184 Å². The number of halogens is 2. The largest absolute Gasteiger partial charge is 0.370 e. The van der Waals surface area contributed by atoms with Crippen LogP contribution in [0.1, 0.15) is 32.1 Å². The fourth-order valence-electron chi connectivity index (χ4n) is 4.39. The Balaban J connectivity index is 1.35. The molecule has 1 aliphatic heterocycles. The van der Waals surface area contributed by atoms with E-state index in [-0.39, 0.29) is 0 Å². The molecule has 2 fully saturated rings. The second-order valence-corrected chi connectivity index (χ2v) is 9.44. The highest BCUT2D eigenvalue weighted by Gasteiger charge is 2.28. The first-order valence-electron chi connectivity index (χ1n) is 10.5. The number of rotatable bonds is 5. The number of nitrogens with zero attached hydrogens (tertiary/aromatic N) is 4. The van der Waals surface area contributed by atoms with Gasteiger partial charge in [0.2, 0.25) is 0 Å². The maximum absolute atomic E-state index is 6.43. The van der Waals surface area contributed by atoms with Crippen LogP contribution in [0.3, 0.4) is 0 Å². The van der Waals surface area contributed by atoms with E-state index in [2.05, 4.69) is 37.3 Å². The van der Waals surface area contributed by atoms with Gasteiger partial charge in [-0.25, -0.2) is 4.98 Å². The van der Waals surface area contributed by atoms with Gasteiger partial charge < -0.3 is 10.2 Å². The predicted molar refractivity (Wildman–Crippen MR) is 122 cm³/mol. The Morgan fingerprint density at radius 2 is 1.93 bits per heavy atom. The molecule has 2 aliphatic rings. The van der Waals surface area contributed by atoms with Gasteiger partial charge in [-0.1, -0.05) is 36.2 Å². The van der Waals surface area contributed by atoms with Crippen LogP contribution in [0.4, 0.5) is 5.82 Å². The maximum Gasteiger partial charge on any atom is 0.172 e. The van der Waals surface area contributed by atoms with Gasteiger partial charge in [0.1, 0.15) is 5.82 Å². The Bertz CT molecular complexity index is 1010. The van der Waals surface area contributed by atoms with E-state index in [0.717, 1.165) is 39.8 Å². The second kappa shape index (κ2) is 8.25. The molecule has 0 radical (unpaired) electrons. The van der Waals surface area contributed by atoms with Crippen LogP contribution in [-0.4, -0.2) is 45.2 Å². The molecule has 0 bridgehead atoms. The number of likely N-dealkylation sites (tertiary alicyclic amines) is 1. The summed E-state index contributed by atoms with van der Waals surface area (Å²) < 4.78 is 2.75. The molecule has 5 rings (SSSR count). The number of hydrogen-bond acceptors (Lipinski definition) is 4. The van der Waals surface area contributed by atoms with Crippen LogP contribution in [0.15, 0.2) is 41.0 Å². The van der Waals surface area contributed by atoms with Gasteiger partial charge in [0.25, 0.3) is 0 Å². The van der Waals surface area contributed by atoms with E-state index < -0.39 is 0 Å². The quantitative estimate of drug-likeness (QED) is 0.531. The van der Waals surface area contributed by atoms with Crippen molar-refractivity contribution in [3.63, 3.8) is 0 Å². The van der Waals surface area contributed by atoms with Crippen LogP contribution in [0, 0.1) is 5.92 Å². The summed E-state index contributed by atoms with van der Waals surface area (Å²) in [5.74, 6) is 1.65. The first-order valence-corrected chi connectivity index (χ1v) is 11.6. The lowest BCUT2D eigenvalue weighted by Crippen LogP contribution is -2.45. The molecule has 5 nitrogen and oxygen atoms in total. The van der Waals surface area contributed by atoms with Crippen molar-refractivity contribution < 1.29 is 0 Å². The molecule has 0 atom stereocenters. The van der Waals surface area contributed by atoms with Crippen LogP contribution in [0.5, 0.6) is 0 Å². The van der Waals surface area contributed by atoms with Gasteiger partial charge in [-0.2, -0.15) is 9.61 Å². The van der Waals surface area contributed by atoms with Crippen molar-refractivity contribution in [2.45, 2.75) is 38.1 Å². The fourth-order valence-corrected chi connectivity index (χ4v) is 4.97. The number of aromatic nitrogens is 3. The fraction of sp³-hybridized carbons (Fsp3) is 0.455. The van der Waals surface area contributed by atoms with Crippen LogP contribution in [-0.2, 0) is 0 Å². The van der Waals surface area contributed by atoms with Crippen molar-refractivity contribution in [1.82, 2.24) is 19.5 Å². The molecule has 3 heterocycles. The summed E-state index contributed by atoms with van der Waals surface area (Å²) in [6.45, 7) is 3.43. The molecule has 3 aromatic rings. The summed E-state index contributed by atoms with van der Waals surface area (Å²) in [5, 5.41) is 8.85. The average Bonchev–Trinajstić information content (AvgIpc) is 3.07.